The van der Waals surface area contributed by atoms with Gasteiger partial charge in [-0.15, -0.1) is 0 Å². The lowest BCUT2D eigenvalue weighted by atomic mass is 10.1. The minimum atomic E-state index is -0.292. The van der Waals surface area contributed by atoms with E-state index in [4.69, 9.17) is 4.98 Å². The standard InChI is InChI=1S/C24H26FN3OS/c1-16-8-13-21-20(14-16)24(28-23(27-21)17-9-11-18(25)12-10-17)30-15-22(29)26-19-6-4-2-3-5-7-19/h8-14,19H,2-7,15H2,1H3,(H,26,29). The Morgan fingerprint density at radius 3 is 2.53 bits per heavy atom. The number of halogens is 1. The van der Waals surface area contributed by atoms with Crippen molar-refractivity contribution in [2.75, 3.05) is 5.75 Å². The third kappa shape index (κ3) is 5.17. The highest BCUT2D eigenvalue weighted by atomic mass is 32.2. The second-order valence-corrected chi connectivity index (χ2v) is 8.89. The first-order valence-corrected chi connectivity index (χ1v) is 11.5. The van der Waals surface area contributed by atoms with Crippen LogP contribution in [0.4, 0.5) is 4.39 Å². The third-order valence-electron chi connectivity index (χ3n) is 5.48. The molecule has 2 aromatic carbocycles. The molecule has 1 fully saturated rings. The van der Waals surface area contributed by atoms with Gasteiger partial charge in [-0.05, 0) is 56.2 Å². The van der Waals surface area contributed by atoms with Gasteiger partial charge in [0.1, 0.15) is 10.8 Å². The van der Waals surface area contributed by atoms with E-state index in [0.717, 1.165) is 39.9 Å². The first-order chi connectivity index (χ1) is 14.6. The number of carbonyl (C=O) groups excluding carboxylic acids is 1. The smallest absolute Gasteiger partial charge is 0.230 e. The van der Waals surface area contributed by atoms with Crippen LogP contribution >= 0.6 is 11.8 Å². The van der Waals surface area contributed by atoms with Crippen molar-refractivity contribution in [3.05, 3.63) is 53.8 Å². The van der Waals surface area contributed by atoms with Gasteiger partial charge in [0.25, 0.3) is 0 Å². The Morgan fingerprint density at radius 2 is 1.80 bits per heavy atom. The Balaban J connectivity index is 1.56. The first-order valence-electron chi connectivity index (χ1n) is 10.5. The van der Waals surface area contributed by atoms with E-state index in [1.165, 1.54) is 49.6 Å². The Kier molecular flexibility index (Phi) is 6.62. The highest BCUT2D eigenvalue weighted by Gasteiger charge is 2.16. The van der Waals surface area contributed by atoms with Gasteiger partial charge in [-0.2, -0.15) is 0 Å². The van der Waals surface area contributed by atoms with Gasteiger partial charge in [-0.3, -0.25) is 4.79 Å². The van der Waals surface area contributed by atoms with E-state index in [1.807, 2.05) is 19.1 Å². The van der Waals surface area contributed by atoms with E-state index >= 15 is 0 Å². The SMILES string of the molecule is Cc1ccc2nc(-c3ccc(F)cc3)nc(SCC(=O)NC3CCCCCC3)c2c1. The molecular weight excluding hydrogens is 397 g/mol. The van der Waals surface area contributed by atoms with Crippen molar-refractivity contribution < 1.29 is 9.18 Å². The molecule has 0 unspecified atom stereocenters. The summed E-state index contributed by atoms with van der Waals surface area (Å²) < 4.78 is 13.3. The lowest BCUT2D eigenvalue weighted by molar-refractivity contribution is -0.119. The molecule has 1 heterocycles. The van der Waals surface area contributed by atoms with Crippen LogP contribution in [0.1, 0.15) is 44.1 Å². The minimum absolute atomic E-state index is 0.0506. The zero-order valence-corrected chi connectivity index (χ0v) is 18.0. The molecule has 1 aliphatic rings. The maximum Gasteiger partial charge on any atom is 0.230 e. The van der Waals surface area contributed by atoms with E-state index in [0.29, 0.717) is 17.6 Å². The maximum atomic E-state index is 13.3. The van der Waals surface area contributed by atoms with Crippen molar-refractivity contribution in [2.45, 2.75) is 56.5 Å². The molecule has 4 nitrogen and oxygen atoms in total. The van der Waals surface area contributed by atoms with Crippen LogP contribution in [-0.2, 0) is 4.79 Å². The fraction of sp³-hybridized carbons (Fsp3) is 0.375. The van der Waals surface area contributed by atoms with Crippen LogP contribution in [0.15, 0.2) is 47.5 Å². The number of benzene rings is 2. The van der Waals surface area contributed by atoms with Crippen molar-refractivity contribution >= 4 is 28.6 Å². The number of nitrogens with one attached hydrogen (secondary N) is 1. The number of carbonyl (C=O) groups is 1. The normalized spacial score (nSPS) is 15.1. The first kappa shape index (κ1) is 20.8. The molecule has 3 aromatic rings. The third-order valence-corrected chi connectivity index (χ3v) is 6.47. The molecule has 0 spiro atoms. The lowest BCUT2D eigenvalue weighted by Crippen LogP contribution is -2.35. The Morgan fingerprint density at radius 1 is 1.07 bits per heavy atom. The van der Waals surface area contributed by atoms with Crippen LogP contribution in [0.25, 0.3) is 22.3 Å². The highest BCUT2D eigenvalue weighted by molar-refractivity contribution is 8.00. The van der Waals surface area contributed by atoms with Gasteiger partial charge in [0, 0.05) is 17.0 Å². The predicted molar refractivity (Wildman–Crippen MR) is 120 cm³/mol. The van der Waals surface area contributed by atoms with Crippen LogP contribution in [0.2, 0.25) is 0 Å². The molecule has 0 aliphatic heterocycles. The summed E-state index contributed by atoms with van der Waals surface area (Å²) in [5.41, 5.74) is 2.69. The molecule has 0 saturated heterocycles. The van der Waals surface area contributed by atoms with Crippen LogP contribution in [0, 0.1) is 12.7 Å². The van der Waals surface area contributed by atoms with E-state index < -0.39 is 0 Å². The molecule has 0 radical (unpaired) electrons. The van der Waals surface area contributed by atoms with Gasteiger partial charge in [0.05, 0.1) is 11.3 Å². The molecule has 30 heavy (non-hydrogen) atoms. The average Bonchev–Trinajstić information content (AvgIpc) is 3.01. The van der Waals surface area contributed by atoms with Gasteiger partial charge in [0.15, 0.2) is 5.82 Å². The molecule has 6 heteroatoms. The molecule has 156 valence electrons. The van der Waals surface area contributed by atoms with Crippen molar-refractivity contribution in [1.82, 2.24) is 15.3 Å². The number of aromatic nitrogens is 2. The van der Waals surface area contributed by atoms with E-state index in [-0.39, 0.29) is 11.7 Å². The summed E-state index contributed by atoms with van der Waals surface area (Å²) in [7, 11) is 0. The van der Waals surface area contributed by atoms with Crippen molar-refractivity contribution in [3.8, 4) is 11.4 Å². The molecule has 1 amide bonds. The number of fused-ring (bicyclic) bond motifs is 1. The molecule has 1 saturated carbocycles. The summed E-state index contributed by atoms with van der Waals surface area (Å²) in [4.78, 5) is 22.0. The summed E-state index contributed by atoms with van der Waals surface area (Å²) >= 11 is 1.44. The Labute approximate surface area is 180 Å². The summed E-state index contributed by atoms with van der Waals surface area (Å²) in [6.45, 7) is 2.03. The quantitative estimate of drug-likeness (QED) is 0.326. The summed E-state index contributed by atoms with van der Waals surface area (Å²) in [6, 6.07) is 12.5. The fourth-order valence-electron chi connectivity index (χ4n) is 3.88. The van der Waals surface area contributed by atoms with Crippen molar-refractivity contribution in [2.24, 2.45) is 0 Å². The van der Waals surface area contributed by atoms with Crippen LogP contribution in [0.5, 0.6) is 0 Å². The second-order valence-electron chi connectivity index (χ2n) is 7.92. The number of hydrogen-bond acceptors (Lipinski definition) is 4. The number of nitrogens with zero attached hydrogens (tertiary/aromatic N) is 2. The number of thioether (sulfide) groups is 1. The predicted octanol–water partition coefficient (Wildman–Crippen LogP) is 5.68. The van der Waals surface area contributed by atoms with E-state index in [2.05, 4.69) is 16.4 Å². The largest absolute Gasteiger partial charge is 0.353 e. The molecular formula is C24H26FN3OS. The Bertz CT molecular complexity index is 1030. The van der Waals surface area contributed by atoms with Gasteiger partial charge in [-0.25, -0.2) is 14.4 Å². The van der Waals surface area contributed by atoms with E-state index in [9.17, 15) is 9.18 Å². The number of rotatable bonds is 5. The van der Waals surface area contributed by atoms with Crippen LogP contribution < -0.4 is 5.32 Å². The van der Waals surface area contributed by atoms with Gasteiger partial charge in [-0.1, -0.05) is 49.1 Å². The molecule has 0 atom stereocenters. The number of hydrogen-bond donors (Lipinski definition) is 1. The molecule has 1 aromatic heterocycles. The van der Waals surface area contributed by atoms with Crippen LogP contribution in [-0.4, -0.2) is 27.7 Å². The summed E-state index contributed by atoms with van der Waals surface area (Å²) in [6.07, 6.45) is 7.05. The number of amides is 1. The topological polar surface area (TPSA) is 54.9 Å². The molecule has 4 rings (SSSR count). The van der Waals surface area contributed by atoms with Gasteiger partial charge in [0.2, 0.25) is 5.91 Å². The minimum Gasteiger partial charge on any atom is -0.353 e. The van der Waals surface area contributed by atoms with Crippen molar-refractivity contribution in [1.29, 1.82) is 0 Å². The average molecular weight is 424 g/mol. The van der Waals surface area contributed by atoms with Crippen LogP contribution in [0.3, 0.4) is 0 Å². The zero-order valence-electron chi connectivity index (χ0n) is 17.2. The lowest BCUT2D eigenvalue weighted by Gasteiger charge is -2.16. The fourth-order valence-corrected chi connectivity index (χ4v) is 4.70. The molecule has 0 bridgehead atoms. The Hall–Kier alpha value is -2.47. The number of aryl methyl sites for hydroxylation is 1. The zero-order chi connectivity index (χ0) is 20.9. The van der Waals surface area contributed by atoms with Crippen molar-refractivity contribution in [3.63, 3.8) is 0 Å². The van der Waals surface area contributed by atoms with Gasteiger partial charge >= 0.3 is 0 Å². The maximum absolute atomic E-state index is 13.3. The van der Waals surface area contributed by atoms with E-state index in [1.54, 1.807) is 12.1 Å². The molecule has 1 aliphatic carbocycles. The molecule has 1 N–H and O–H groups in total. The summed E-state index contributed by atoms with van der Waals surface area (Å²) in [5, 5.41) is 4.91. The second kappa shape index (κ2) is 9.56. The monoisotopic (exact) mass is 423 g/mol. The summed E-state index contributed by atoms with van der Waals surface area (Å²) in [5.74, 6) is 0.618. The van der Waals surface area contributed by atoms with Gasteiger partial charge < -0.3 is 5.32 Å². The highest BCUT2D eigenvalue weighted by Crippen LogP contribution is 2.29.